The van der Waals surface area contributed by atoms with Gasteiger partial charge in [-0.1, -0.05) is 84.0 Å². The number of carbonyl (C=O) groups is 1. The van der Waals surface area contributed by atoms with Crippen LogP contribution in [0.3, 0.4) is 0 Å². The van der Waals surface area contributed by atoms with Crippen LogP contribution in [0.4, 0.5) is 4.39 Å². The van der Waals surface area contributed by atoms with E-state index in [0.717, 1.165) is 12.8 Å². The van der Waals surface area contributed by atoms with Gasteiger partial charge in [0.2, 0.25) is 0 Å². The lowest BCUT2D eigenvalue weighted by Gasteiger charge is -2.03. The van der Waals surface area contributed by atoms with E-state index in [4.69, 9.17) is 0 Å². The Morgan fingerprint density at radius 1 is 0.762 bits per heavy atom. The summed E-state index contributed by atoms with van der Waals surface area (Å²) in [6.07, 6.45) is 17.3. The minimum absolute atomic E-state index is 0.0860. The first-order valence-corrected chi connectivity index (χ1v) is 9.02. The molecule has 126 valence electrons. The summed E-state index contributed by atoms with van der Waals surface area (Å²) in [5.74, 6) is -0.254. The minimum atomic E-state index is -0.579. The molecule has 0 bridgehead atoms. The first-order chi connectivity index (χ1) is 10.3. The maximum Gasteiger partial charge on any atom is 0.305 e. The van der Waals surface area contributed by atoms with Crippen molar-refractivity contribution in [2.75, 3.05) is 13.3 Å². The predicted octanol–water partition coefficient (Wildman–Crippen LogP) is 5.98. The molecule has 0 saturated heterocycles. The van der Waals surface area contributed by atoms with Crippen molar-refractivity contribution in [1.82, 2.24) is 0 Å². The van der Waals surface area contributed by atoms with Gasteiger partial charge in [-0.25, -0.2) is 4.39 Å². The van der Waals surface area contributed by atoms with Crippen LogP contribution in [0.25, 0.3) is 0 Å². The molecule has 0 aliphatic carbocycles. The van der Waals surface area contributed by atoms with Crippen molar-refractivity contribution in [2.24, 2.45) is 0 Å². The number of halogens is 1. The topological polar surface area (TPSA) is 26.3 Å². The fourth-order valence-electron chi connectivity index (χ4n) is 2.51. The van der Waals surface area contributed by atoms with Gasteiger partial charge in [0.05, 0.1) is 0 Å². The van der Waals surface area contributed by atoms with E-state index >= 15 is 0 Å². The molecule has 0 rings (SSSR count). The average molecular weight is 302 g/mol. The van der Waals surface area contributed by atoms with E-state index in [-0.39, 0.29) is 12.6 Å². The number of esters is 1. The van der Waals surface area contributed by atoms with Crippen molar-refractivity contribution >= 4 is 5.97 Å². The number of ether oxygens (including phenoxy) is 1. The molecule has 0 unspecified atom stereocenters. The number of unbranched alkanes of at least 4 members (excludes halogenated alkanes) is 12. The Kier molecular flexibility index (Phi) is 17.0. The van der Waals surface area contributed by atoms with Gasteiger partial charge in [0.25, 0.3) is 0 Å². The van der Waals surface area contributed by atoms with Crippen LogP contribution in [0.1, 0.15) is 96.8 Å². The molecule has 0 aromatic heterocycles. The highest BCUT2D eigenvalue weighted by atomic mass is 19.1. The van der Waals surface area contributed by atoms with Crippen LogP contribution in [0, 0.1) is 0 Å². The van der Waals surface area contributed by atoms with E-state index in [0.29, 0.717) is 6.42 Å². The first kappa shape index (κ1) is 20.4. The molecule has 0 spiro atoms. The summed E-state index contributed by atoms with van der Waals surface area (Å²) < 4.78 is 16.5. The quantitative estimate of drug-likeness (QED) is 0.259. The second kappa shape index (κ2) is 17.5. The van der Waals surface area contributed by atoms with Gasteiger partial charge in [-0.05, 0) is 6.42 Å². The third kappa shape index (κ3) is 17.3. The normalized spacial score (nSPS) is 10.8. The number of rotatable bonds is 16. The van der Waals surface area contributed by atoms with E-state index in [2.05, 4.69) is 11.7 Å². The van der Waals surface area contributed by atoms with Crippen molar-refractivity contribution in [3.63, 3.8) is 0 Å². The molecule has 0 saturated carbocycles. The monoisotopic (exact) mass is 302 g/mol. The molecule has 0 aromatic carbocycles. The maximum absolute atomic E-state index is 11.8. The van der Waals surface area contributed by atoms with Crippen LogP contribution in [0.2, 0.25) is 0 Å². The molecule has 0 aromatic rings. The number of carbonyl (C=O) groups excluding carboxylic acids is 1. The molecular formula is C18H35FO2. The smallest absolute Gasteiger partial charge is 0.305 e. The highest BCUT2D eigenvalue weighted by Gasteiger charge is 2.01. The van der Waals surface area contributed by atoms with Crippen LogP contribution >= 0.6 is 0 Å². The third-order valence-corrected chi connectivity index (χ3v) is 3.82. The summed E-state index contributed by atoms with van der Waals surface area (Å²) in [6, 6.07) is 0. The van der Waals surface area contributed by atoms with Crippen molar-refractivity contribution in [2.45, 2.75) is 96.8 Å². The highest BCUT2D eigenvalue weighted by Crippen LogP contribution is 2.13. The van der Waals surface area contributed by atoms with E-state index in [1.54, 1.807) is 0 Å². The molecule has 0 atom stereocenters. The van der Waals surface area contributed by atoms with Gasteiger partial charge < -0.3 is 4.74 Å². The summed E-state index contributed by atoms with van der Waals surface area (Å²) in [4.78, 5) is 11.1. The Balaban J connectivity index is 3.04. The number of hydrogen-bond donors (Lipinski definition) is 0. The zero-order valence-electron chi connectivity index (χ0n) is 14.0. The predicted molar refractivity (Wildman–Crippen MR) is 87.2 cm³/mol. The first-order valence-electron chi connectivity index (χ1n) is 9.02. The lowest BCUT2D eigenvalue weighted by atomic mass is 10.0. The van der Waals surface area contributed by atoms with Crippen molar-refractivity contribution < 1.29 is 13.9 Å². The summed E-state index contributed by atoms with van der Waals surface area (Å²) in [6.45, 7) is 1.59. The lowest BCUT2D eigenvalue weighted by molar-refractivity contribution is -0.144. The van der Waals surface area contributed by atoms with Crippen molar-refractivity contribution in [3.05, 3.63) is 0 Å². The van der Waals surface area contributed by atoms with Crippen LogP contribution in [-0.4, -0.2) is 19.3 Å². The Morgan fingerprint density at radius 3 is 1.62 bits per heavy atom. The fraction of sp³-hybridized carbons (Fsp3) is 0.944. The van der Waals surface area contributed by atoms with Crippen LogP contribution in [0.5, 0.6) is 0 Å². The molecule has 0 aliphatic heterocycles. The molecule has 0 radical (unpaired) electrons. The largest absolute Gasteiger partial charge is 0.463 e. The van der Waals surface area contributed by atoms with E-state index in [9.17, 15) is 9.18 Å². The standard InChI is InChI=1S/C18H35FO2/c1-2-3-4-5-6-7-8-9-10-11-12-13-14-15-18(20)21-17-16-19/h2-17H2,1H3. The lowest BCUT2D eigenvalue weighted by Crippen LogP contribution is -2.06. The van der Waals surface area contributed by atoms with Gasteiger partial charge in [-0.3, -0.25) is 4.79 Å². The van der Waals surface area contributed by atoms with Crippen LogP contribution < -0.4 is 0 Å². The molecule has 0 fully saturated rings. The van der Waals surface area contributed by atoms with E-state index in [1.807, 2.05) is 0 Å². The number of hydrogen-bond acceptors (Lipinski definition) is 2. The van der Waals surface area contributed by atoms with Crippen LogP contribution in [-0.2, 0) is 9.53 Å². The van der Waals surface area contributed by atoms with Gasteiger partial charge in [0.1, 0.15) is 13.3 Å². The molecule has 0 N–H and O–H groups in total. The van der Waals surface area contributed by atoms with Gasteiger partial charge in [-0.2, -0.15) is 0 Å². The summed E-state index contributed by atoms with van der Waals surface area (Å²) >= 11 is 0. The number of alkyl halides is 1. The van der Waals surface area contributed by atoms with Gasteiger partial charge in [-0.15, -0.1) is 0 Å². The van der Waals surface area contributed by atoms with Crippen LogP contribution in [0.15, 0.2) is 0 Å². The average Bonchev–Trinajstić information content (AvgIpc) is 2.49. The molecule has 3 heteroatoms. The zero-order chi connectivity index (χ0) is 15.6. The van der Waals surface area contributed by atoms with Gasteiger partial charge in [0, 0.05) is 6.42 Å². The summed E-state index contributed by atoms with van der Waals surface area (Å²) in [5.41, 5.74) is 0. The molecular weight excluding hydrogens is 267 g/mol. The Morgan fingerprint density at radius 2 is 1.19 bits per heavy atom. The van der Waals surface area contributed by atoms with E-state index in [1.165, 1.54) is 70.6 Å². The maximum atomic E-state index is 11.8. The molecule has 21 heavy (non-hydrogen) atoms. The summed E-state index contributed by atoms with van der Waals surface area (Å²) in [5, 5.41) is 0. The second-order valence-electron chi connectivity index (χ2n) is 5.90. The molecule has 2 nitrogen and oxygen atoms in total. The molecule has 0 amide bonds. The molecule has 0 aliphatic rings. The van der Waals surface area contributed by atoms with Gasteiger partial charge in [0.15, 0.2) is 0 Å². The highest BCUT2D eigenvalue weighted by molar-refractivity contribution is 5.69. The minimum Gasteiger partial charge on any atom is -0.463 e. The molecule has 0 heterocycles. The van der Waals surface area contributed by atoms with E-state index < -0.39 is 6.67 Å². The van der Waals surface area contributed by atoms with Gasteiger partial charge >= 0.3 is 5.97 Å². The second-order valence-corrected chi connectivity index (χ2v) is 5.90. The summed E-state index contributed by atoms with van der Waals surface area (Å²) in [7, 11) is 0. The van der Waals surface area contributed by atoms with Crippen molar-refractivity contribution in [1.29, 1.82) is 0 Å². The Bertz CT molecular complexity index is 219. The third-order valence-electron chi connectivity index (χ3n) is 3.82. The Labute approximate surface area is 130 Å². The zero-order valence-corrected chi connectivity index (χ0v) is 14.0. The Hall–Kier alpha value is -0.600. The fourth-order valence-corrected chi connectivity index (χ4v) is 2.51. The SMILES string of the molecule is CCCCCCCCCCCCCCCC(=O)OCCF. The van der Waals surface area contributed by atoms with Crippen molar-refractivity contribution in [3.8, 4) is 0 Å².